The van der Waals surface area contributed by atoms with Crippen molar-refractivity contribution >= 4 is 17.9 Å². The van der Waals surface area contributed by atoms with Crippen LogP contribution in [0, 0.1) is 0 Å². The molecule has 2 heteroatoms. The summed E-state index contributed by atoms with van der Waals surface area (Å²) >= 11 is 0. The SMILES string of the molecule is O=C1C[C@@H](c2ccccc2)Oc2ccc(C=Cc3ccccc3)cc21. The number of ether oxygens (including phenoxy) is 1. The molecule has 2 nitrogen and oxygen atoms in total. The molecule has 25 heavy (non-hydrogen) atoms. The lowest BCUT2D eigenvalue weighted by Gasteiger charge is -2.25. The summed E-state index contributed by atoms with van der Waals surface area (Å²) < 4.78 is 6.06. The van der Waals surface area contributed by atoms with Crippen molar-refractivity contribution in [1.29, 1.82) is 0 Å². The maximum absolute atomic E-state index is 12.6. The second-order valence-electron chi connectivity index (χ2n) is 6.14. The first-order valence-electron chi connectivity index (χ1n) is 8.41. The van der Waals surface area contributed by atoms with Crippen LogP contribution in [0.3, 0.4) is 0 Å². The van der Waals surface area contributed by atoms with E-state index in [1.807, 2.05) is 91.0 Å². The van der Waals surface area contributed by atoms with Gasteiger partial charge in [0.1, 0.15) is 11.9 Å². The summed E-state index contributed by atoms with van der Waals surface area (Å²) in [6.45, 7) is 0. The quantitative estimate of drug-likeness (QED) is 0.589. The van der Waals surface area contributed by atoms with Crippen LogP contribution in [-0.4, -0.2) is 5.78 Å². The van der Waals surface area contributed by atoms with Gasteiger partial charge in [-0.25, -0.2) is 0 Å². The predicted octanol–water partition coefficient (Wildman–Crippen LogP) is 5.56. The van der Waals surface area contributed by atoms with Crippen molar-refractivity contribution < 1.29 is 9.53 Å². The highest BCUT2D eigenvalue weighted by Crippen LogP contribution is 2.35. The summed E-state index contributed by atoms with van der Waals surface area (Å²) in [6, 6.07) is 25.8. The van der Waals surface area contributed by atoms with E-state index < -0.39 is 0 Å². The van der Waals surface area contributed by atoms with Crippen LogP contribution in [0.1, 0.15) is 39.6 Å². The van der Waals surface area contributed by atoms with Crippen LogP contribution in [0.5, 0.6) is 5.75 Å². The molecule has 3 aromatic rings. The Balaban J connectivity index is 1.58. The number of rotatable bonds is 3. The number of hydrogen-bond donors (Lipinski definition) is 0. The van der Waals surface area contributed by atoms with Crippen LogP contribution in [0.25, 0.3) is 12.2 Å². The first-order chi connectivity index (χ1) is 12.3. The highest BCUT2D eigenvalue weighted by molar-refractivity contribution is 6.00. The predicted molar refractivity (Wildman–Crippen MR) is 101 cm³/mol. The van der Waals surface area contributed by atoms with Crippen molar-refractivity contribution in [2.75, 3.05) is 0 Å². The highest BCUT2D eigenvalue weighted by atomic mass is 16.5. The number of benzene rings is 3. The lowest BCUT2D eigenvalue weighted by molar-refractivity contribution is 0.0850. The van der Waals surface area contributed by atoms with E-state index in [1.165, 1.54) is 0 Å². The zero-order valence-corrected chi connectivity index (χ0v) is 13.8. The Bertz CT molecular complexity index is 911. The van der Waals surface area contributed by atoms with Gasteiger partial charge in [0.2, 0.25) is 0 Å². The fourth-order valence-electron chi connectivity index (χ4n) is 3.06. The van der Waals surface area contributed by atoms with Crippen molar-refractivity contribution in [1.82, 2.24) is 0 Å². The zero-order valence-electron chi connectivity index (χ0n) is 13.8. The van der Waals surface area contributed by atoms with Crippen molar-refractivity contribution in [2.24, 2.45) is 0 Å². The molecule has 0 radical (unpaired) electrons. The number of hydrogen-bond acceptors (Lipinski definition) is 2. The number of fused-ring (bicyclic) bond motifs is 1. The van der Waals surface area contributed by atoms with Crippen LogP contribution in [-0.2, 0) is 0 Å². The van der Waals surface area contributed by atoms with Gasteiger partial charge in [-0.3, -0.25) is 4.79 Å². The Labute approximate surface area is 147 Å². The highest BCUT2D eigenvalue weighted by Gasteiger charge is 2.27. The summed E-state index contributed by atoms with van der Waals surface area (Å²) in [5.74, 6) is 0.798. The number of ketones is 1. The van der Waals surface area contributed by atoms with Gasteiger partial charge in [-0.05, 0) is 28.8 Å². The summed E-state index contributed by atoms with van der Waals surface area (Å²) in [5, 5.41) is 0. The second-order valence-corrected chi connectivity index (χ2v) is 6.14. The maximum atomic E-state index is 12.6. The smallest absolute Gasteiger partial charge is 0.170 e. The lowest BCUT2D eigenvalue weighted by Crippen LogP contribution is -2.20. The van der Waals surface area contributed by atoms with Gasteiger partial charge in [0.25, 0.3) is 0 Å². The molecule has 0 aliphatic carbocycles. The van der Waals surface area contributed by atoms with Gasteiger partial charge in [0.15, 0.2) is 5.78 Å². The van der Waals surface area contributed by atoms with Crippen molar-refractivity contribution in [3.05, 3.63) is 101 Å². The average molecular weight is 326 g/mol. The van der Waals surface area contributed by atoms with E-state index in [4.69, 9.17) is 4.74 Å². The van der Waals surface area contributed by atoms with Crippen molar-refractivity contribution in [2.45, 2.75) is 12.5 Å². The van der Waals surface area contributed by atoms with Gasteiger partial charge in [-0.2, -0.15) is 0 Å². The Morgan fingerprint density at radius 2 is 1.48 bits per heavy atom. The van der Waals surface area contributed by atoms with Crippen LogP contribution in [0.15, 0.2) is 78.9 Å². The van der Waals surface area contributed by atoms with Gasteiger partial charge in [-0.1, -0.05) is 78.9 Å². The van der Waals surface area contributed by atoms with E-state index in [-0.39, 0.29) is 11.9 Å². The molecule has 0 bridgehead atoms. The van der Waals surface area contributed by atoms with E-state index >= 15 is 0 Å². The minimum atomic E-state index is -0.202. The molecular formula is C23H18O2. The molecule has 0 saturated carbocycles. The summed E-state index contributed by atoms with van der Waals surface area (Å²) in [5.41, 5.74) is 3.83. The first kappa shape index (κ1) is 15.4. The molecule has 1 heterocycles. The third-order valence-corrected chi connectivity index (χ3v) is 4.38. The molecule has 1 atom stereocenters. The average Bonchev–Trinajstić information content (AvgIpc) is 2.68. The van der Waals surface area contributed by atoms with Gasteiger partial charge in [0.05, 0.1) is 12.0 Å². The number of Topliss-reactive ketones (excluding diaryl/α,β-unsaturated/α-hetero) is 1. The molecular weight excluding hydrogens is 308 g/mol. The Morgan fingerprint density at radius 3 is 2.24 bits per heavy atom. The van der Waals surface area contributed by atoms with Crippen molar-refractivity contribution in [3.8, 4) is 5.75 Å². The van der Waals surface area contributed by atoms with Crippen molar-refractivity contribution in [3.63, 3.8) is 0 Å². The fraction of sp³-hybridized carbons (Fsp3) is 0.0870. The normalized spacial score (nSPS) is 16.5. The summed E-state index contributed by atoms with van der Waals surface area (Å²) in [6.07, 6.45) is 4.24. The maximum Gasteiger partial charge on any atom is 0.170 e. The van der Waals surface area contributed by atoms with Crippen LogP contribution < -0.4 is 4.74 Å². The molecule has 0 aromatic heterocycles. The van der Waals surface area contributed by atoms with Gasteiger partial charge >= 0.3 is 0 Å². The van der Waals surface area contributed by atoms with Gasteiger partial charge in [-0.15, -0.1) is 0 Å². The third kappa shape index (κ3) is 3.38. The van der Waals surface area contributed by atoms with Crippen LogP contribution in [0.2, 0.25) is 0 Å². The standard InChI is InChI=1S/C23H18O2/c24-21-16-23(19-9-5-2-6-10-19)25-22-14-13-18(15-20(21)22)12-11-17-7-3-1-4-8-17/h1-15,23H,16H2/t23-/m0/s1. The van der Waals surface area contributed by atoms with Crippen LogP contribution in [0.4, 0.5) is 0 Å². The van der Waals surface area contributed by atoms with E-state index in [2.05, 4.69) is 0 Å². The molecule has 0 fully saturated rings. The topological polar surface area (TPSA) is 26.3 Å². The molecule has 0 amide bonds. The Hall–Kier alpha value is -3.13. The largest absolute Gasteiger partial charge is 0.484 e. The minimum absolute atomic E-state index is 0.130. The number of carbonyl (C=O) groups is 1. The zero-order chi connectivity index (χ0) is 17.1. The van der Waals surface area contributed by atoms with E-state index in [1.54, 1.807) is 0 Å². The monoisotopic (exact) mass is 326 g/mol. The molecule has 4 rings (SSSR count). The third-order valence-electron chi connectivity index (χ3n) is 4.38. The van der Waals surface area contributed by atoms with Gasteiger partial charge < -0.3 is 4.74 Å². The molecule has 1 aliphatic heterocycles. The first-order valence-corrected chi connectivity index (χ1v) is 8.41. The molecule has 0 spiro atoms. The van der Waals surface area contributed by atoms with E-state index in [0.29, 0.717) is 17.7 Å². The van der Waals surface area contributed by atoms with E-state index in [0.717, 1.165) is 16.7 Å². The molecule has 122 valence electrons. The Morgan fingerprint density at radius 1 is 0.800 bits per heavy atom. The molecule has 0 N–H and O–H groups in total. The fourth-order valence-corrected chi connectivity index (χ4v) is 3.06. The lowest BCUT2D eigenvalue weighted by atomic mass is 9.95. The summed E-state index contributed by atoms with van der Waals surface area (Å²) in [4.78, 5) is 12.6. The second kappa shape index (κ2) is 6.78. The van der Waals surface area contributed by atoms with Gasteiger partial charge in [0, 0.05) is 0 Å². The molecule has 3 aromatic carbocycles. The molecule has 0 saturated heterocycles. The van der Waals surface area contributed by atoms with Crippen LogP contribution >= 0.6 is 0 Å². The summed E-state index contributed by atoms with van der Waals surface area (Å²) in [7, 11) is 0. The molecule has 0 unspecified atom stereocenters. The Kier molecular flexibility index (Phi) is 4.17. The minimum Gasteiger partial charge on any atom is -0.484 e. The molecule has 1 aliphatic rings. The number of carbonyl (C=O) groups excluding carboxylic acids is 1. The van der Waals surface area contributed by atoms with E-state index in [9.17, 15) is 4.79 Å².